The van der Waals surface area contributed by atoms with Gasteiger partial charge in [-0.25, -0.2) is 15.0 Å². The number of epoxide rings is 1. The summed E-state index contributed by atoms with van der Waals surface area (Å²) in [6.45, 7) is 10.7. The molecule has 0 unspecified atom stereocenters. The second-order valence-corrected chi connectivity index (χ2v) is 12.7. The van der Waals surface area contributed by atoms with Crippen molar-refractivity contribution in [2.75, 3.05) is 0 Å². The van der Waals surface area contributed by atoms with Crippen LogP contribution in [0.4, 0.5) is 0 Å². The number of carbonyl (C=O) groups is 2. The molecular formula is C29H41ClN4O6. The van der Waals surface area contributed by atoms with E-state index < -0.39 is 35.6 Å². The third-order valence-electron chi connectivity index (χ3n) is 8.81. The Bertz CT molecular complexity index is 1310. The van der Waals surface area contributed by atoms with Crippen molar-refractivity contribution in [1.29, 1.82) is 0 Å². The molecule has 2 fully saturated rings. The largest absolute Gasteiger partial charge is 0.458 e. The van der Waals surface area contributed by atoms with Crippen molar-refractivity contribution in [2.24, 2.45) is 24.3 Å². The van der Waals surface area contributed by atoms with Gasteiger partial charge in [0.1, 0.15) is 17.4 Å². The lowest BCUT2D eigenvalue weighted by atomic mass is 9.73. The lowest BCUT2D eigenvalue weighted by Crippen LogP contribution is -2.45. The first-order valence-electron chi connectivity index (χ1n) is 13.9. The highest BCUT2D eigenvalue weighted by Crippen LogP contribution is 2.45. The highest BCUT2D eigenvalue weighted by molar-refractivity contribution is 6.33. The molecule has 40 heavy (non-hydrogen) atoms. The molecule has 0 radical (unpaired) electrons. The summed E-state index contributed by atoms with van der Waals surface area (Å²) in [6, 6.07) is 0. The number of hydrogen-bond acceptors (Lipinski definition) is 9. The molecule has 0 amide bonds. The van der Waals surface area contributed by atoms with E-state index in [0.717, 1.165) is 19.3 Å². The molecule has 2 aliphatic rings. The number of ether oxygens (including phenoxy) is 2. The average molecular weight is 577 g/mol. The summed E-state index contributed by atoms with van der Waals surface area (Å²) in [5.74, 6) is -1.36. The van der Waals surface area contributed by atoms with E-state index in [1.165, 1.54) is 0 Å². The summed E-state index contributed by atoms with van der Waals surface area (Å²) < 4.78 is 13.7. The van der Waals surface area contributed by atoms with Gasteiger partial charge in [-0.15, -0.1) is 0 Å². The van der Waals surface area contributed by atoms with Crippen LogP contribution in [0.5, 0.6) is 0 Å². The van der Waals surface area contributed by atoms with Gasteiger partial charge >= 0.3 is 5.97 Å². The fourth-order valence-electron chi connectivity index (χ4n) is 5.64. The molecule has 220 valence electrons. The topological polar surface area (TPSA) is 140 Å². The Kier molecular flexibility index (Phi) is 8.76. The maximum atomic E-state index is 13.3. The molecule has 2 N–H and O–H groups in total. The molecular weight excluding hydrogens is 536 g/mol. The normalized spacial score (nSPS) is 34.4. The molecule has 4 rings (SSSR count). The molecule has 0 saturated carbocycles. The van der Waals surface area contributed by atoms with E-state index in [1.807, 2.05) is 27.8 Å². The fraction of sp³-hybridized carbons (Fsp3) is 0.690. The van der Waals surface area contributed by atoms with Gasteiger partial charge in [-0.05, 0) is 44.3 Å². The number of aryl methyl sites for hydroxylation is 1. The van der Waals surface area contributed by atoms with Gasteiger partial charge in [0.2, 0.25) is 0 Å². The van der Waals surface area contributed by atoms with Crippen molar-refractivity contribution in [3.8, 4) is 0 Å². The van der Waals surface area contributed by atoms with Crippen LogP contribution < -0.4 is 0 Å². The van der Waals surface area contributed by atoms with Gasteiger partial charge < -0.3 is 24.3 Å². The third-order valence-corrected chi connectivity index (χ3v) is 9.07. The lowest BCUT2D eigenvalue weighted by Gasteiger charge is -2.34. The Morgan fingerprint density at radius 1 is 1.20 bits per heavy atom. The van der Waals surface area contributed by atoms with Crippen molar-refractivity contribution >= 4 is 40.6 Å². The van der Waals surface area contributed by atoms with Gasteiger partial charge in [0.15, 0.2) is 16.6 Å². The zero-order chi connectivity index (χ0) is 29.6. The highest BCUT2D eigenvalue weighted by atomic mass is 35.5. The number of ketones is 1. The van der Waals surface area contributed by atoms with E-state index in [-0.39, 0.29) is 35.0 Å². The molecule has 11 heteroatoms. The zero-order valence-electron chi connectivity index (χ0n) is 24.3. The summed E-state index contributed by atoms with van der Waals surface area (Å²) in [4.78, 5) is 39.5. The van der Waals surface area contributed by atoms with Crippen LogP contribution in [-0.4, -0.2) is 71.5 Å². The molecule has 2 aromatic rings. The molecule has 0 aromatic carbocycles. The quantitative estimate of drug-likeness (QED) is 0.308. The average Bonchev–Trinajstić information content (AvgIpc) is 3.36. The molecule has 2 aromatic heterocycles. The number of aromatic nitrogens is 4. The minimum Gasteiger partial charge on any atom is -0.458 e. The van der Waals surface area contributed by atoms with E-state index in [0.29, 0.717) is 29.0 Å². The van der Waals surface area contributed by atoms with Crippen molar-refractivity contribution in [2.45, 2.75) is 104 Å². The maximum absolute atomic E-state index is 13.3. The Morgan fingerprint density at radius 2 is 1.90 bits per heavy atom. The summed E-state index contributed by atoms with van der Waals surface area (Å²) in [5, 5.41) is 22.1. The molecule has 2 aliphatic heterocycles. The van der Waals surface area contributed by atoms with Crippen LogP contribution in [0.2, 0.25) is 5.15 Å². The standard InChI is InChI=1S/C29H41ClN4O6/c1-15-9-8-10-29(6)20(40-29)12-18(16(2)11-21-32-26(30)23-27(33-21)34(7)14-31-23)39-22(36)13-19(35)28(4,5)25(38)17(3)24(15)37/h11,14-15,17-20,24,35,37H,8-10,12-13H2,1-7H3/t15-,17+,18-,19-,20-,24-,29+/m0/s1. The lowest BCUT2D eigenvalue weighted by molar-refractivity contribution is -0.154. The Balaban J connectivity index is 1.62. The van der Waals surface area contributed by atoms with Gasteiger partial charge in [0.05, 0.1) is 42.1 Å². The zero-order valence-corrected chi connectivity index (χ0v) is 25.1. The number of carbonyl (C=O) groups excluding carboxylic acids is 2. The van der Waals surface area contributed by atoms with Crippen LogP contribution in [0.1, 0.15) is 79.5 Å². The molecule has 0 spiro atoms. The van der Waals surface area contributed by atoms with Crippen LogP contribution >= 0.6 is 11.6 Å². The summed E-state index contributed by atoms with van der Waals surface area (Å²) in [7, 11) is 1.81. The van der Waals surface area contributed by atoms with Gasteiger partial charge in [-0.2, -0.15) is 0 Å². The van der Waals surface area contributed by atoms with Crippen molar-refractivity contribution in [3.63, 3.8) is 0 Å². The Hall–Kier alpha value is -2.40. The number of rotatable bonds is 2. The third kappa shape index (κ3) is 6.25. The smallest absolute Gasteiger partial charge is 0.309 e. The van der Waals surface area contributed by atoms with Gasteiger partial charge in [-0.1, -0.05) is 45.7 Å². The number of nitrogens with zero attached hydrogens (tertiary/aromatic N) is 4. The van der Waals surface area contributed by atoms with Crippen LogP contribution in [0.15, 0.2) is 11.9 Å². The van der Waals surface area contributed by atoms with E-state index in [4.69, 9.17) is 21.1 Å². The number of Topliss-reactive ketones (excluding diaryl/α,β-unsaturated/α-hetero) is 1. The maximum Gasteiger partial charge on any atom is 0.309 e. The second-order valence-electron chi connectivity index (χ2n) is 12.4. The van der Waals surface area contributed by atoms with Crippen LogP contribution in [-0.2, 0) is 26.1 Å². The molecule has 2 saturated heterocycles. The first-order valence-corrected chi connectivity index (χ1v) is 14.3. The van der Waals surface area contributed by atoms with E-state index in [2.05, 4.69) is 15.0 Å². The molecule has 0 bridgehead atoms. The highest BCUT2D eigenvalue weighted by Gasteiger charge is 2.53. The van der Waals surface area contributed by atoms with Crippen molar-refractivity contribution < 1.29 is 29.3 Å². The van der Waals surface area contributed by atoms with E-state index in [1.54, 1.807) is 37.7 Å². The summed E-state index contributed by atoms with van der Waals surface area (Å²) in [5.41, 5.74) is 0.149. The second kappa shape index (κ2) is 11.5. The number of aliphatic hydroxyl groups is 2. The number of esters is 1. The number of cyclic esters (lactones) is 1. The summed E-state index contributed by atoms with van der Waals surface area (Å²) >= 11 is 6.34. The minimum atomic E-state index is -1.29. The van der Waals surface area contributed by atoms with Crippen molar-refractivity contribution in [3.05, 3.63) is 22.9 Å². The van der Waals surface area contributed by atoms with Crippen LogP contribution in [0, 0.1) is 17.3 Å². The number of halogens is 1. The first kappa shape index (κ1) is 30.6. The molecule has 7 atom stereocenters. The fourth-order valence-corrected chi connectivity index (χ4v) is 5.86. The van der Waals surface area contributed by atoms with Crippen molar-refractivity contribution in [1.82, 2.24) is 19.5 Å². The Morgan fingerprint density at radius 3 is 2.60 bits per heavy atom. The minimum absolute atomic E-state index is 0.105. The predicted molar refractivity (Wildman–Crippen MR) is 150 cm³/mol. The molecule has 10 nitrogen and oxygen atoms in total. The molecule has 0 aliphatic carbocycles. The number of imidazole rings is 1. The SMILES string of the molecule is CC(=Cc1nc(Cl)c2ncn(C)c2n1)[C@@H]1C[C@@H]2O[C@]2(C)CCC[C@H](C)[C@H](O)[C@@H](C)C(=O)C(C)(C)[C@@H](O)CC(=O)O1. The van der Waals surface area contributed by atoms with Gasteiger partial charge in [0, 0.05) is 19.4 Å². The van der Waals surface area contributed by atoms with E-state index in [9.17, 15) is 19.8 Å². The van der Waals surface area contributed by atoms with Gasteiger partial charge in [0.25, 0.3) is 0 Å². The van der Waals surface area contributed by atoms with E-state index >= 15 is 0 Å². The molecule has 4 heterocycles. The van der Waals surface area contributed by atoms with Crippen LogP contribution in [0.3, 0.4) is 0 Å². The summed E-state index contributed by atoms with van der Waals surface area (Å²) in [6.07, 6.45) is 2.79. The number of aliphatic hydroxyl groups excluding tert-OH is 2. The number of fused-ring (bicyclic) bond motifs is 2. The monoisotopic (exact) mass is 576 g/mol. The van der Waals surface area contributed by atoms with Gasteiger partial charge in [-0.3, -0.25) is 9.59 Å². The van der Waals surface area contributed by atoms with Crippen LogP contribution in [0.25, 0.3) is 17.2 Å². The first-order chi connectivity index (χ1) is 18.6. The Labute approximate surface area is 240 Å². The predicted octanol–water partition coefficient (Wildman–Crippen LogP) is 4.04. The number of hydrogen-bond donors (Lipinski definition) is 2.